The fourth-order valence-electron chi connectivity index (χ4n) is 4.59. The zero-order chi connectivity index (χ0) is 21.9. The molecule has 3 rings (SSSR count). The van der Waals surface area contributed by atoms with E-state index in [9.17, 15) is 0 Å². The van der Waals surface area contributed by atoms with Gasteiger partial charge >= 0.3 is 0 Å². The average molecular weight is 443 g/mol. The lowest BCUT2D eigenvalue weighted by atomic mass is 9.93. The molecular formula is C21H42BN3O6. The summed E-state index contributed by atoms with van der Waals surface area (Å²) in [5.74, 6) is 0. The van der Waals surface area contributed by atoms with Gasteiger partial charge in [-0.2, -0.15) is 0 Å². The summed E-state index contributed by atoms with van der Waals surface area (Å²) in [6, 6.07) is 0.000231. The minimum Gasteiger partial charge on any atom is -0.382 e. The van der Waals surface area contributed by atoms with E-state index in [2.05, 4.69) is 22.5 Å². The molecule has 4 atom stereocenters. The lowest BCUT2D eigenvalue weighted by molar-refractivity contribution is -0.0589. The number of hydrogen-bond acceptors (Lipinski definition) is 9. The summed E-state index contributed by atoms with van der Waals surface area (Å²) in [5, 5.41) is 0. The van der Waals surface area contributed by atoms with Crippen LogP contribution in [0.5, 0.6) is 0 Å². The van der Waals surface area contributed by atoms with Crippen LogP contribution in [0, 0.1) is 0 Å². The number of nitrogens with zero attached hydrogens (tertiary/aromatic N) is 3. The van der Waals surface area contributed by atoms with Gasteiger partial charge in [0.05, 0.1) is 45.6 Å². The van der Waals surface area contributed by atoms with Gasteiger partial charge < -0.3 is 28.4 Å². The van der Waals surface area contributed by atoms with Crippen molar-refractivity contribution in [3.8, 4) is 0 Å². The smallest absolute Gasteiger partial charge is 0.142 e. The van der Waals surface area contributed by atoms with Crippen LogP contribution in [0.2, 0.25) is 0 Å². The van der Waals surface area contributed by atoms with Gasteiger partial charge in [0.15, 0.2) is 0 Å². The molecule has 0 radical (unpaired) electrons. The Morgan fingerprint density at radius 1 is 0.871 bits per heavy atom. The molecule has 0 aliphatic carbocycles. The molecule has 31 heavy (non-hydrogen) atoms. The molecule has 9 nitrogen and oxygen atoms in total. The number of hydrogen-bond donors (Lipinski definition) is 0. The molecule has 3 aliphatic heterocycles. The van der Waals surface area contributed by atoms with E-state index in [0.29, 0.717) is 13.2 Å². The minimum atomic E-state index is -0.0925. The summed E-state index contributed by atoms with van der Waals surface area (Å²) in [5.41, 5.74) is 0. The fraction of sp³-hybridized carbons (Fsp3) is 1.00. The van der Waals surface area contributed by atoms with Crippen LogP contribution in [0.25, 0.3) is 0 Å². The minimum absolute atomic E-state index is 0.000231. The van der Waals surface area contributed by atoms with Crippen molar-refractivity contribution in [3.05, 3.63) is 0 Å². The first-order valence-corrected chi connectivity index (χ1v) is 11.8. The van der Waals surface area contributed by atoms with Crippen LogP contribution >= 0.6 is 0 Å². The molecule has 3 saturated heterocycles. The monoisotopic (exact) mass is 443 g/mol. The number of methoxy groups -OCH3 is 2. The maximum Gasteiger partial charge on any atom is 0.142 e. The molecule has 0 N–H and O–H groups in total. The molecule has 3 fully saturated rings. The van der Waals surface area contributed by atoms with E-state index in [-0.39, 0.29) is 24.3 Å². The standard InChI is InChI=1S/C21H42BN3O6/c1-26-17-18-19(27-2)20(21(22)31-18)30-16-11-23(3-5-24-7-12-28-13-8-24)4-6-25-9-14-29-15-10-25/h18-21H,3-17,22H2,1-2H3/t18-,19?,20+,21-/m1/s1. The van der Waals surface area contributed by atoms with E-state index in [1.165, 1.54) is 0 Å². The largest absolute Gasteiger partial charge is 0.382 e. The van der Waals surface area contributed by atoms with Crippen LogP contribution < -0.4 is 0 Å². The third kappa shape index (κ3) is 8.21. The molecule has 0 aromatic rings. The van der Waals surface area contributed by atoms with Crippen LogP contribution in [0.15, 0.2) is 0 Å². The van der Waals surface area contributed by atoms with E-state index in [1.807, 2.05) is 0 Å². The summed E-state index contributed by atoms with van der Waals surface area (Å²) in [6.45, 7) is 13.8. The highest BCUT2D eigenvalue weighted by Crippen LogP contribution is 2.25. The fourth-order valence-corrected chi connectivity index (χ4v) is 4.59. The third-order valence-corrected chi connectivity index (χ3v) is 6.54. The second-order valence-corrected chi connectivity index (χ2v) is 8.62. The van der Waals surface area contributed by atoms with Crippen LogP contribution in [-0.4, -0.2) is 160 Å². The van der Waals surface area contributed by atoms with Gasteiger partial charge in [0.2, 0.25) is 0 Å². The van der Waals surface area contributed by atoms with Crippen LogP contribution in [-0.2, 0) is 28.4 Å². The molecule has 10 heteroatoms. The van der Waals surface area contributed by atoms with Crippen LogP contribution in [0.1, 0.15) is 0 Å². The Bertz CT molecular complexity index is 460. The summed E-state index contributed by atoms with van der Waals surface area (Å²) < 4.78 is 34.2. The van der Waals surface area contributed by atoms with Crippen molar-refractivity contribution in [1.29, 1.82) is 0 Å². The van der Waals surface area contributed by atoms with Crippen LogP contribution in [0.3, 0.4) is 0 Å². The Labute approximate surface area is 188 Å². The van der Waals surface area contributed by atoms with Gasteiger partial charge in [-0.3, -0.25) is 14.7 Å². The molecule has 0 saturated carbocycles. The van der Waals surface area contributed by atoms with Crippen molar-refractivity contribution in [2.75, 3.05) is 113 Å². The number of ether oxygens (including phenoxy) is 6. The predicted octanol–water partition coefficient (Wildman–Crippen LogP) is -1.64. The molecule has 1 unspecified atom stereocenters. The molecule has 0 amide bonds. The summed E-state index contributed by atoms with van der Waals surface area (Å²) >= 11 is 0. The lowest BCUT2D eigenvalue weighted by Crippen LogP contribution is -2.46. The summed E-state index contributed by atoms with van der Waals surface area (Å²) in [4.78, 5) is 7.52. The number of morpholine rings is 2. The van der Waals surface area contributed by atoms with Crippen molar-refractivity contribution < 1.29 is 28.4 Å². The maximum atomic E-state index is 6.30. The van der Waals surface area contributed by atoms with Crippen molar-refractivity contribution in [2.24, 2.45) is 0 Å². The summed E-state index contributed by atoms with van der Waals surface area (Å²) in [7, 11) is 5.47. The van der Waals surface area contributed by atoms with Gasteiger partial charge in [-0.05, 0) is 0 Å². The molecule has 0 spiro atoms. The second kappa shape index (κ2) is 14.1. The van der Waals surface area contributed by atoms with Gasteiger partial charge in [0, 0.05) is 73.1 Å². The predicted molar refractivity (Wildman–Crippen MR) is 121 cm³/mol. The molecule has 0 aromatic heterocycles. The maximum absolute atomic E-state index is 6.30. The van der Waals surface area contributed by atoms with Crippen molar-refractivity contribution in [3.63, 3.8) is 0 Å². The highest BCUT2D eigenvalue weighted by atomic mass is 16.6. The topological polar surface area (TPSA) is 65.1 Å². The van der Waals surface area contributed by atoms with Crippen molar-refractivity contribution in [1.82, 2.24) is 14.7 Å². The van der Waals surface area contributed by atoms with Gasteiger partial charge in [-0.1, -0.05) is 0 Å². The Kier molecular flexibility index (Phi) is 11.5. The molecule has 3 aliphatic rings. The van der Waals surface area contributed by atoms with Gasteiger partial charge in [0.1, 0.15) is 26.2 Å². The van der Waals surface area contributed by atoms with Crippen molar-refractivity contribution >= 4 is 7.85 Å². The van der Waals surface area contributed by atoms with Gasteiger partial charge in [0.25, 0.3) is 0 Å². The third-order valence-electron chi connectivity index (χ3n) is 6.54. The summed E-state index contributed by atoms with van der Waals surface area (Å²) in [6.07, 6.45) is -0.232. The van der Waals surface area contributed by atoms with E-state index in [1.54, 1.807) is 14.2 Å². The van der Waals surface area contributed by atoms with Crippen LogP contribution in [0.4, 0.5) is 0 Å². The second-order valence-electron chi connectivity index (χ2n) is 8.62. The highest BCUT2D eigenvalue weighted by molar-refractivity contribution is 6.11. The first-order chi connectivity index (χ1) is 15.2. The van der Waals surface area contributed by atoms with Crippen molar-refractivity contribution in [2.45, 2.75) is 24.3 Å². The van der Waals surface area contributed by atoms with E-state index in [4.69, 9.17) is 28.4 Å². The van der Waals surface area contributed by atoms with E-state index in [0.717, 1.165) is 85.3 Å². The Hall–Kier alpha value is -0.295. The zero-order valence-electron chi connectivity index (χ0n) is 19.7. The molecule has 0 aromatic carbocycles. The van der Waals surface area contributed by atoms with E-state index < -0.39 is 0 Å². The molecular weight excluding hydrogens is 401 g/mol. The average Bonchev–Trinajstić information content (AvgIpc) is 3.10. The normalized spacial score (nSPS) is 30.9. The quantitative estimate of drug-likeness (QED) is 0.312. The Balaban J connectivity index is 1.45. The van der Waals surface area contributed by atoms with Gasteiger partial charge in [-0.25, -0.2) is 0 Å². The lowest BCUT2D eigenvalue weighted by Gasteiger charge is -2.33. The Morgan fingerprint density at radius 3 is 1.97 bits per heavy atom. The van der Waals surface area contributed by atoms with E-state index >= 15 is 0 Å². The molecule has 0 bridgehead atoms. The first-order valence-electron chi connectivity index (χ1n) is 11.8. The SMILES string of the molecule is B[C@@H]1O[C@H](COC)C(OC)[C@@H]1OCCN(CCN1CCOCC1)CCN1CCOCC1. The first kappa shape index (κ1) is 25.3. The Morgan fingerprint density at radius 2 is 1.45 bits per heavy atom. The molecule has 3 heterocycles. The number of rotatable bonds is 13. The molecule has 180 valence electrons. The van der Waals surface area contributed by atoms with Gasteiger partial charge in [-0.15, -0.1) is 0 Å². The highest BCUT2D eigenvalue weighted by Gasteiger charge is 2.43. The zero-order valence-corrected chi connectivity index (χ0v) is 19.7.